The van der Waals surface area contributed by atoms with Crippen LogP contribution < -0.4 is 0 Å². The van der Waals surface area contributed by atoms with Gasteiger partial charge < -0.3 is 0 Å². The second-order valence-electron chi connectivity index (χ2n) is 4.56. The Morgan fingerprint density at radius 2 is 1.88 bits per heavy atom. The molecule has 0 saturated heterocycles. The SMILES string of the molecule is CCCCCCC(CCl)c1ccccc1C. The van der Waals surface area contributed by atoms with Gasteiger partial charge in [-0.25, -0.2) is 0 Å². The molecule has 0 aliphatic carbocycles. The Morgan fingerprint density at radius 3 is 2.50 bits per heavy atom. The van der Waals surface area contributed by atoms with Crippen molar-refractivity contribution in [1.82, 2.24) is 0 Å². The van der Waals surface area contributed by atoms with Crippen molar-refractivity contribution in [2.45, 2.75) is 51.9 Å². The highest BCUT2D eigenvalue weighted by Crippen LogP contribution is 2.26. The molecule has 0 aliphatic heterocycles. The van der Waals surface area contributed by atoms with Crippen molar-refractivity contribution in [3.63, 3.8) is 0 Å². The maximum Gasteiger partial charge on any atom is 0.0292 e. The van der Waals surface area contributed by atoms with Gasteiger partial charge in [-0.05, 0) is 30.4 Å². The molecule has 1 aromatic carbocycles. The predicted octanol–water partition coefficient (Wildman–Crippen LogP) is 5.29. The average Bonchev–Trinajstić information content (AvgIpc) is 2.31. The van der Waals surface area contributed by atoms with Gasteiger partial charge in [0.15, 0.2) is 0 Å². The van der Waals surface area contributed by atoms with Crippen molar-refractivity contribution in [1.29, 1.82) is 0 Å². The summed E-state index contributed by atoms with van der Waals surface area (Å²) >= 11 is 6.09. The molecule has 0 amide bonds. The Labute approximate surface area is 105 Å². The lowest BCUT2D eigenvalue weighted by Crippen LogP contribution is -2.02. The summed E-state index contributed by atoms with van der Waals surface area (Å²) in [6.07, 6.45) is 6.53. The Balaban J connectivity index is 2.51. The van der Waals surface area contributed by atoms with Gasteiger partial charge in [-0.2, -0.15) is 0 Å². The van der Waals surface area contributed by atoms with Crippen LogP contribution >= 0.6 is 11.6 Å². The molecule has 0 nitrogen and oxygen atoms in total. The molecule has 0 heterocycles. The van der Waals surface area contributed by atoms with Gasteiger partial charge in [-0.1, -0.05) is 56.9 Å². The van der Waals surface area contributed by atoms with Gasteiger partial charge in [0, 0.05) is 5.88 Å². The molecule has 16 heavy (non-hydrogen) atoms. The van der Waals surface area contributed by atoms with Crippen LogP contribution in [0.25, 0.3) is 0 Å². The van der Waals surface area contributed by atoms with Crippen molar-refractivity contribution in [2.75, 3.05) is 5.88 Å². The van der Waals surface area contributed by atoms with Gasteiger partial charge in [0.2, 0.25) is 0 Å². The number of aryl methyl sites for hydroxylation is 1. The Bertz CT molecular complexity index is 293. The topological polar surface area (TPSA) is 0 Å². The average molecular weight is 239 g/mol. The number of benzene rings is 1. The van der Waals surface area contributed by atoms with Crippen molar-refractivity contribution in [3.8, 4) is 0 Å². The van der Waals surface area contributed by atoms with Crippen LogP contribution in [0, 0.1) is 6.92 Å². The summed E-state index contributed by atoms with van der Waals surface area (Å²) in [6.45, 7) is 4.43. The lowest BCUT2D eigenvalue weighted by molar-refractivity contribution is 0.581. The molecule has 0 radical (unpaired) electrons. The van der Waals surface area contributed by atoms with E-state index < -0.39 is 0 Å². The van der Waals surface area contributed by atoms with Gasteiger partial charge in [0.05, 0.1) is 0 Å². The molecule has 1 rings (SSSR count). The van der Waals surface area contributed by atoms with Crippen LogP contribution in [0.5, 0.6) is 0 Å². The van der Waals surface area contributed by atoms with Gasteiger partial charge in [-0.15, -0.1) is 11.6 Å². The van der Waals surface area contributed by atoms with Gasteiger partial charge >= 0.3 is 0 Å². The maximum absolute atomic E-state index is 6.09. The molecule has 1 heteroatoms. The first-order valence-corrected chi connectivity index (χ1v) is 6.94. The fourth-order valence-electron chi connectivity index (χ4n) is 2.18. The van der Waals surface area contributed by atoms with E-state index in [-0.39, 0.29) is 0 Å². The minimum absolute atomic E-state index is 0.541. The molecule has 1 atom stereocenters. The van der Waals surface area contributed by atoms with Crippen LogP contribution in [-0.4, -0.2) is 5.88 Å². The normalized spacial score (nSPS) is 12.7. The number of rotatable bonds is 7. The minimum Gasteiger partial charge on any atom is -0.126 e. The van der Waals surface area contributed by atoms with Gasteiger partial charge in [-0.3, -0.25) is 0 Å². The molecule has 0 spiro atoms. The molecule has 0 N–H and O–H groups in total. The lowest BCUT2D eigenvalue weighted by atomic mass is 9.91. The summed E-state index contributed by atoms with van der Waals surface area (Å²) in [6, 6.07) is 8.62. The third kappa shape index (κ3) is 4.17. The number of halogens is 1. The monoisotopic (exact) mass is 238 g/mol. The van der Waals surface area contributed by atoms with E-state index in [9.17, 15) is 0 Å². The molecule has 0 fully saturated rings. The second kappa shape index (κ2) is 7.73. The number of hydrogen-bond acceptors (Lipinski definition) is 0. The first kappa shape index (κ1) is 13.6. The Morgan fingerprint density at radius 1 is 1.12 bits per heavy atom. The van der Waals surface area contributed by atoms with Crippen LogP contribution in [0.2, 0.25) is 0 Å². The zero-order valence-electron chi connectivity index (χ0n) is 10.5. The highest BCUT2D eigenvalue weighted by atomic mass is 35.5. The van der Waals surface area contributed by atoms with Crippen LogP contribution in [0.4, 0.5) is 0 Å². The van der Waals surface area contributed by atoms with Gasteiger partial charge in [0.1, 0.15) is 0 Å². The Kier molecular flexibility index (Phi) is 6.56. The van der Waals surface area contributed by atoms with Crippen LogP contribution in [0.15, 0.2) is 24.3 Å². The van der Waals surface area contributed by atoms with Crippen molar-refractivity contribution in [3.05, 3.63) is 35.4 Å². The standard InChI is InChI=1S/C15H23Cl/c1-3-4-5-6-10-14(12-16)15-11-8-7-9-13(15)2/h7-9,11,14H,3-6,10,12H2,1-2H3. The van der Waals surface area contributed by atoms with Crippen LogP contribution in [0.1, 0.15) is 56.1 Å². The molecule has 0 bridgehead atoms. The first-order chi connectivity index (χ1) is 7.79. The van der Waals surface area contributed by atoms with Crippen molar-refractivity contribution >= 4 is 11.6 Å². The third-order valence-electron chi connectivity index (χ3n) is 3.22. The molecule has 0 saturated carbocycles. The number of hydrogen-bond donors (Lipinski definition) is 0. The molecule has 90 valence electrons. The highest BCUT2D eigenvalue weighted by molar-refractivity contribution is 6.18. The second-order valence-corrected chi connectivity index (χ2v) is 4.87. The summed E-state index contributed by atoms with van der Waals surface area (Å²) in [5.74, 6) is 1.29. The largest absolute Gasteiger partial charge is 0.126 e. The zero-order valence-corrected chi connectivity index (χ0v) is 11.3. The van der Waals surface area contributed by atoms with E-state index in [1.807, 2.05) is 0 Å². The van der Waals surface area contributed by atoms with E-state index in [0.717, 1.165) is 5.88 Å². The molecule has 1 unspecified atom stereocenters. The van der Waals surface area contributed by atoms with E-state index >= 15 is 0 Å². The molecular formula is C15H23Cl. The number of unbranched alkanes of at least 4 members (excludes halogenated alkanes) is 3. The minimum atomic E-state index is 0.541. The maximum atomic E-state index is 6.09. The molecule has 0 aromatic heterocycles. The van der Waals surface area contributed by atoms with E-state index in [0.29, 0.717) is 5.92 Å². The highest BCUT2D eigenvalue weighted by Gasteiger charge is 2.11. The summed E-state index contributed by atoms with van der Waals surface area (Å²) in [7, 11) is 0. The van der Waals surface area contributed by atoms with E-state index in [1.165, 1.54) is 43.2 Å². The molecule has 1 aromatic rings. The van der Waals surface area contributed by atoms with E-state index in [4.69, 9.17) is 11.6 Å². The zero-order chi connectivity index (χ0) is 11.8. The summed E-state index contributed by atoms with van der Waals surface area (Å²) < 4.78 is 0. The quantitative estimate of drug-likeness (QED) is 0.447. The summed E-state index contributed by atoms with van der Waals surface area (Å²) in [5, 5.41) is 0. The third-order valence-corrected chi connectivity index (χ3v) is 3.59. The molecule has 0 aliphatic rings. The summed E-state index contributed by atoms with van der Waals surface area (Å²) in [5.41, 5.74) is 2.82. The first-order valence-electron chi connectivity index (χ1n) is 6.41. The van der Waals surface area contributed by atoms with Crippen LogP contribution in [0.3, 0.4) is 0 Å². The fourth-order valence-corrected chi connectivity index (χ4v) is 2.50. The predicted molar refractivity (Wildman–Crippen MR) is 73.4 cm³/mol. The smallest absolute Gasteiger partial charge is 0.0292 e. The Hall–Kier alpha value is -0.490. The fraction of sp³-hybridized carbons (Fsp3) is 0.600. The summed E-state index contributed by atoms with van der Waals surface area (Å²) in [4.78, 5) is 0. The number of alkyl halides is 1. The van der Waals surface area contributed by atoms with E-state index in [1.54, 1.807) is 0 Å². The van der Waals surface area contributed by atoms with Crippen molar-refractivity contribution in [2.24, 2.45) is 0 Å². The van der Waals surface area contributed by atoms with Crippen LogP contribution in [-0.2, 0) is 0 Å². The van der Waals surface area contributed by atoms with E-state index in [2.05, 4.69) is 38.1 Å². The molecular weight excluding hydrogens is 216 g/mol. The van der Waals surface area contributed by atoms with Gasteiger partial charge in [0.25, 0.3) is 0 Å². The van der Waals surface area contributed by atoms with Crippen molar-refractivity contribution < 1.29 is 0 Å². The lowest BCUT2D eigenvalue weighted by Gasteiger charge is -2.16.